The van der Waals surface area contributed by atoms with Crippen LogP contribution < -0.4 is 59.3 Å². The molecule has 132 heavy (non-hydrogen) atoms. The number of nitrogens with zero attached hydrogens (tertiary/aromatic N) is 6. The Morgan fingerprint density at radius 1 is 0.568 bits per heavy atom. The standard InChI is InChI=1S/C90H118N20O21S/c1-49(2)31-64-89(129)110-43-57(113)38-72(110)85(125)100-62(33-53-39-94-60-19-14-12-17-58(53)60)80(120)104-67(44-111)82(122)103-66(34-54-40-95-61-20-15-13-18-59(54)61)87(127)107(5)71-22-11-9-7-6-8-10-21-69(106(4)90(71)130)83(123)98-50(3)78(118)105-68(79(119)96-42-76(92)116)46-132-47-77(117)99-65(32-51-24-26-56(112)27-25-51)88(128)109-29-30-131-45-73(109)74(114)35-52(36-75(91)115)86(126)108-28-16-23-70(108)84(124)101-63(81(121)102-64)37-55-41-93-48-97-55/h6-7,12-15,17-20,24-27,39-41,48-50,52,57,62-73,94-95,111-113H,8-11,16,21-23,28-38,42-47H2,1-5H3,(H2,91,115)(H2,92,116)(H,93,97)(H,96,119)(H,98,123)(H,99,117)(H,100,125)(H,101,124)(H,102,121)(H,103,122)(H,104,120)(H,105,118)/b7-6-/t50-,52+,57-,62-,63+,64+,65+,66+,67+,68-,69?,70+,71+,72+,73+/m1/s1. The number of nitrogens with two attached hydrogens (primary N) is 2. The first kappa shape index (κ1) is 99.5. The molecule has 41 nitrogen and oxygen atoms in total. The van der Waals surface area contributed by atoms with Crippen LogP contribution in [-0.2, 0) is 112 Å². The fourth-order valence-electron chi connectivity index (χ4n) is 17.4. The first-order valence-corrected chi connectivity index (χ1v) is 45.5. The number of Topliss-reactive ketones (excluding diaryl/α,β-unsaturated/α-hetero) is 1. The van der Waals surface area contributed by atoms with Gasteiger partial charge in [0, 0.05) is 131 Å². The van der Waals surface area contributed by atoms with Crippen LogP contribution in [0.3, 0.4) is 0 Å². The zero-order chi connectivity index (χ0) is 95.1. The second kappa shape index (κ2) is 46.6. The quantitative estimate of drug-likeness (QED) is 0.0459. The minimum Gasteiger partial charge on any atom is -0.508 e. The van der Waals surface area contributed by atoms with Crippen molar-refractivity contribution >= 4 is 134 Å². The number of primary amides is 2. The molecule has 3 aromatic carbocycles. The molecule has 8 heterocycles. The van der Waals surface area contributed by atoms with Crippen LogP contribution in [0, 0.1) is 11.8 Å². The fraction of sp³-hybridized carbons (Fsp3) is 0.511. The number of morpholine rings is 1. The predicted molar refractivity (Wildman–Crippen MR) is 479 cm³/mol. The molecule has 4 fully saturated rings. The molecular weight excluding hydrogens is 1730 g/mol. The number of aromatic amines is 3. The third-order valence-electron chi connectivity index (χ3n) is 24.4. The smallest absolute Gasteiger partial charge is 0.246 e. The monoisotopic (exact) mass is 1850 g/mol. The van der Waals surface area contributed by atoms with Crippen LogP contribution in [0.5, 0.6) is 5.75 Å². The SMILES string of the molecule is CC(C)C[C@@H]1NC(=O)[C@H](Cc2cnc[nH]2)NC(=O)[C@@H]2CCCN2C(=O)[C@H](CC(N)=O)CC(=O)[C@@H]2COCCN2C(=O)[C@H](Cc2ccc(O)cc2)NC(=O)CSC[C@H](C(=O)NCC(N)=O)NC(=O)[C@@H](C)NC(=O)C2CCC/C=C\CCC[C@@H](C(=O)N2C)N(C)C(=O)[C@H](Cc2c[nH]c3ccccc23)NC(=O)[C@H](CO)NC(=O)[C@@H](Cc2c[nH]c3ccccc23)NC(=O)[C@@H]2C[C@@H](O)CN2C1=O. The number of phenols is 1. The number of nitrogens with one attached hydrogen (secondary N) is 12. The number of likely N-dealkylation sites (N-methyl/N-ethyl adjacent to an activating group) is 2. The number of aliphatic hydroxyl groups excluding tert-OH is 2. The van der Waals surface area contributed by atoms with Gasteiger partial charge in [-0.05, 0) is 112 Å². The Morgan fingerprint density at radius 2 is 1.13 bits per heavy atom. The number of thioether (sulfide) groups is 1. The number of amides is 16. The van der Waals surface area contributed by atoms with Gasteiger partial charge >= 0.3 is 0 Å². The van der Waals surface area contributed by atoms with Gasteiger partial charge in [0.25, 0.3) is 0 Å². The number of H-pyrrole nitrogens is 3. The molecule has 11 rings (SSSR count). The van der Waals surface area contributed by atoms with Crippen LogP contribution in [0.4, 0.5) is 0 Å². The Hall–Kier alpha value is -13.1. The van der Waals surface area contributed by atoms with E-state index in [0.717, 1.165) is 36.3 Å². The Morgan fingerprint density at radius 3 is 1.76 bits per heavy atom. The number of hydrogen-bond acceptors (Lipinski definition) is 23. The lowest BCUT2D eigenvalue weighted by atomic mass is 9.92. The van der Waals surface area contributed by atoms with Gasteiger partial charge in [0.15, 0.2) is 5.78 Å². The fourth-order valence-corrected chi connectivity index (χ4v) is 18.2. The maximum absolute atomic E-state index is 15.7. The number of para-hydroxylation sites is 2. The zero-order valence-corrected chi connectivity index (χ0v) is 75.1. The summed E-state index contributed by atoms with van der Waals surface area (Å²) in [7, 11) is 2.71. The first-order chi connectivity index (χ1) is 63.1. The van der Waals surface area contributed by atoms with Crippen molar-refractivity contribution in [1.82, 2.24) is 92.3 Å². The summed E-state index contributed by atoms with van der Waals surface area (Å²) in [6, 6.07) is 0.162. The molecule has 0 saturated carbocycles. The number of aromatic hydroxyl groups is 1. The highest BCUT2D eigenvalue weighted by molar-refractivity contribution is 8.00. The number of aliphatic hydroxyl groups is 2. The van der Waals surface area contributed by atoms with E-state index in [4.69, 9.17) is 16.2 Å². The van der Waals surface area contributed by atoms with E-state index in [0.29, 0.717) is 69.9 Å². The van der Waals surface area contributed by atoms with Crippen molar-refractivity contribution in [3.05, 3.63) is 132 Å². The molecule has 19 N–H and O–H groups in total. The number of phenolic OH excluding ortho intramolecular Hbond substituents is 1. The molecule has 3 aromatic heterocycles. The maximum Gasteiger partial charge on any atom is 0.246 e. The van der Waals surface area contributed by atoms with Gasteiger partial charge < -0.3 is 119 Å². The highest BCUT2D eigenvalue weighted by Crippen LogP contribution is 2.30. The van der Waals surface area contributed by atoms with Crippen molar-refractivity contribution < 1.29 is 102 Å². The second-order valence-corrected chi connectivity index (χ2v) is 35.5. The minimum atomic E-state index is -1.87. The summed E-state index contributed by atoms with van der Waals surface area (Å²) in [5, 5.41) is 58.1. The summed E-state index contributed by atoms with van der Waals surface area (Å²) in [6.45, 7) is 1.73. The number of allylic oxidation sites excluding steroid dienone is 2. The van der Waals surface area contributed by atoms with E-state index in [2.05, 4.69) is 67.8 Å². The van der Waals surface area contributed by atoms with Crippen molar-refractivity contribution in [2.24, 2.45) is 23.3 Å². The van der Waals surface area contributed by atoms with E-state index in [1.807, 2.05) is 12.2 Å². The van der Waals surface area contributed by atoms with E-state index in [1.165, 1.54) is 57.8 Å². The normalized spacial score (nSPS) is 26.7. The number of carbonyl (C=O) groups is 17. The average molecular weight is 1850 g/mol. The molecule has 42 heteroatoms. The average Bonchev–Trinajstić information content (AvgIpc) is 1.56. The van der Waals surface area contributed by atoms with Crippen molar-refractivity contribution in [3.8, 4) is 5.75 Å². The van der Waals surface area contributed by atoms with Gasteiger partial charge in [0.05, 0.1) is 50.5 Å². The Labute approximate surface area is 765 Å². The maximum atomic E-state index is 15.7. The van der Waals surface area contributed by atoms with Gasteiger partial charge in [0.1, 0.15) is 84.3 Å². The van der Waals surface area contributed by atoms with Crippen LogP contribution in [-0.4, -0.2) is 316 Å². The van der Waals surface area contributed by atoms with Crippen LogP contribution in [0.2, 0.25) is 0 Å². The number of aromatic nitrogens is 4. The van der Waals surface area contributed by atoms with E-state index in [9.17, 15) is 53.7 Å². The molecule has 710 valence electrons. The van der Waals surface area contributed by atoms with Crippen molar-refractivity contribution in [2.45, 2.75) is 208 Å². The third-order valence-corrected chi connectivity index (χ3v) is 25.4. The first-order valence-electron chi connectivity index (χ1n) is 44.3. The summed E-state index contributed by atoms with van der Waals surface area (Å²) in [5.41, 5.74) is 14.3. The summed E-state index contributed by atoms with van der Waals surface area (Å²) in [4.78, 5) is 269. The number of hydrogen-bond donors (Lipinski definition) is 17. The molecule has 6 aromatic rings. The van der Waals surface area contributed by atoms with E-state index < -0.39 is 242 Å². The highest BCUT2D eigenvalue weighted by atomic mass is 32.2. The van der Waals surface area contributed by atoms with Crippen LogP contribution in [0.25, 0.3) is 21.8 Å². The lowest BCUT2D eigenvalue weighted by Gasteiger charge is -2.37. The second-order valence-electron chi connectivity index (χ2n) is 34.5. The summed E-state index contributed by atoms with van der Waals surface area (Å²) in [5.74, 6) is -18.2. The minimum absolute atomic E-state index is 0.00571. The van der Waals surface area contributed by atoms with E-state index in [1.54, 1.807) is 74.8 Å². The number of rotatable bonds is 16. The van der Waals surface area contributed by atoms with Crippen molar-refractivity contribution in [3.63, 3.8) is 0 Å². The lowest BCUT2D eigenvalue weighted by molar-refractivity contribution is -0.152. The van der Waals surface area contributed by atoms with E-state index in [-0.39, 0.29) is 95.6 Å². The summed E-state index contributed by atoms with van der Waals surface area (Å²) in [6.07, 6.45) is 7.24. The van der Waals surface area contributed by atoms with Gasteiger partial charge in [-0.3, -0.25) is 81.5 Å². The molecule has 0 spiro atoms. The Balaban J connectivity index is 0.935. The number of imidazole rings is 1. The number of benzene rings is 3. The zero-order valence-electron chi connectivity index (χ0n) is 74.2. The molecule has 4 saturated heterocycles. The third kappa shape index (κ3) is 26.2. The molecule has 5 aliphatic rings. The Bertz CT molecular complexity index is 5220. The summed E-state index contributed by atoms with van der Waals surface area (Å²) >= 11 is 0.794. The van der Waals surface area contributed by atoms with Gasteiger partial charge in [-0.15, -0.1) is 11.8 Å². The molecule has 0 aliphatic carbocycles. The number of carbonyl (C=O) groups excluding carboxylic acids is 17. The Kier molecular flexibility index (Phi) is 35.1. The van der Waals surface area contributed by atoms with Gasteiger partial charge in [0.2, 0.25) is 94.5 Å². The van der Waals surface area contributed by atoms with E-state index >= 15 is 43.2 Å². The number of ketones is 1. The largest absolute Gasteiger partial charge is 0.508 e. The van der Waals surface area contributed by atoms with Crippen LogP contribution in [0.1, 0.15) is 120 Å². The van der Waals surface area contributed by atoms with Crippen molar-refractivity contribution in [1.29, 1.82) is 0 Å². The molecule has 15 atom stereocenters. The van der Waals surface area contributed by atoms with Crippen LogP contribution >= 0.6 is 11.8 Å². The van der Waals surface area contributed by atoms with Gasteiger partial charge in [-0.25, -0.2) is 4.98 Å². The molecule has 16 amide bonds. The van der Waals surface area contributed by atoms with Gasteiger partial charge in [-0.2, -0.15) is 0 Å². The molecule has 1 unspecified atom stereocenters. The highest BCUT2D eigenvalue weighted by Gasteiger charge is 2.47. The molecule has 2 bridgehead atoms. The molecular formula is C90H118N20O21S. The topological polar surface area (TPSA) is 597 Å². The number of fused-ring (bicyclic) bond motifs is 8. The lowest BCUT2D eigenvalue weighted by Crippen LogP contribution is -2.61. The van der Waals surface area contributed by atoms with Crippen molar-refractivity contribution in [2.75, 3.05) is 71.6 Å². The number of ether oxygens (including phenoxy) is 1. The van der Waals surface area contributed by atoms with Crippen LogP contribution in [0.15, 0.2) is 110 Å². The van der Waals surface area contributed by atoms with Gasteiger partial charge in [-0.1, -0.05) is 74.5 Å². The predicted octanol–water partition coefficient (Wildman–Crippen LogP) is -2.17. The molecule has 0 radical (unpaired) electrons. The molecule has 5 aliphatic heterocycles. The summed E-state index contributed by atoms with van der Waals surface area (Å²) < 4.78 is 5.77.